The quantitative estimate of drug-likeness (QED) is 0.846. The van der Waals surface area contributed by atoms with Crippen LogP contribution in [0.3, 0.4) is 0 Å². The predicted octanol–water partition coefficient (Wildman–Crippen LogP) is 3.67. The van der Waals surface area contributed by atoms with Crippen molar-refractivity contribution < 1.29 is 4.74 Å². The largest absolute Gasteiger partial charge is 0.399 e. The zero-order valence-electron chi connectivity index (χ0n) is 12.5. The van der Waals surface area contributed by atoms with Gasteiger partial charge in [-0.3, -0.25) is 0 Å². The number of ether oxygens (including phenoxy) is 1. The zero-order chi connectivity index (χ0) is 14.3. The molecule has 2 aliphatic heterocycles. The SMILES string of the molecule is Nc1ccc2c(c1)N(CC1CCC3(CCCC3)O1)CCS2. The van der Waals surface area contributed by atoms with E-state index in [1.807, 2.05) is 17.8 Å². The van der Waals surface area contributed by atoms with Crippen LogP contribution in [0.1, 0.15) is 38.5 Å². The summed E-state index contributed by atoms with van der Waals surface area (Å²) in [7, 11) is 0. The van der Waals surface area contributed by atoms with Crippen molar-refractivity contribution in [2.45, 2.75) is 55.1 Å². The molecule has 1 saturated heterocycles. The third-order valence-electron chi connectivity index (χ3n) is 5.22. The third-order valence-corrected chi connectivity index (χ3v) is 6.26. The second-order valence-corrected chi connectivity index (χ2v) is 7.83. The van der Waals surface area contributed by atoms with Gasteiger partial charge in [0.2, 0.25) is 0 Å². The number of nitrogens with zero attached hydrogens (tertiary/aromatic N) is 1. The lowest BCUT2D eigenvalue weighted by atomic mass is 9.98. The fourth-order valence-electron chi connectivity index (χ4n) is 4.14. The zero-order valence-corrected chi connectivity index (χ0v) is 13.3. The van der Waals surface area contributed by atoms with Gasteiger partial charge >= 0.3 is 0 Å². The van der Waals surface area contributed by atoms with E-state index in [1.165, 1.54) is 49.1 Å². The molecule has 2 fully saturated rings. The average molecular weight is 304 g/mol. The highest BCUT2D eigenvalue weighted by Crippen LogP contribution is 2.44. The Balaban J connectivity index is 1.48. The van der Waals surface area contributed by atoms with Gasteiger partial charge < -0.3 is 15.4 Å². The lowest BCUT2D eigenvalue weighted by Crippen LogP contribution is -2.37. The molecule has 1 aromatic carbocycles. The van der Waals surface area contributed by atoms with Gasteiger partial charge in [0.1, 0.15) is 0 Å². The van der Waals surface area contributed by atoms with Crippen molar-refractivity contribution in [3.8, 4) is 0 Å². The van der Waals surface area contributed by atoms with Crippen LogP contribution in [0.25, 0.3) is 0 Å². The number of nitrogen functional groups attached to an aromatic ring is 1. The van der Waals surface area contributed by atoms with E-state index in [0.717, 1.165) is 24.5 Å². The van der Waals surface area contributed by atoms with Crippen LogP contribution in [0.5, 0.6) is 0 Å². The van der Waals surface area contributed by atoms with Gasteiger partial charge in [-0.2, -0.15) is 0 Å². The number of fused-ring (bicyclic) bond motifs is 1. The highest BCUT2D eigenvalue weighted by atomic mass is 32.2. The fraction of sp³-hybridized carbons (Fsp3) is 0.647. The van der Waals surface area contributed by atoms with E-state index >= 15 is 0 Å². The van der Waals surface area contributed by atoms with Gasteiger partial charge in [0.25, 0.3) is 0 Å². The maximum Gasteiger partial charge on any atom is 0.0758 e. The summed E-state index contributed by atoms with van der Waals surface area (Å²) < 4.78 is 6.48. The van der Waals surface area contributed by atoms with E-state index in [-0.39, 0.29) is 5.60 Å². The smallest absolute Gasteiger partial charge is 0.0758 e. The Kier molecular flexibility index (Phi) is 3.54. The van der Waals surface area contributed by atoms with Crippen LogP contribution in [0.4, 0.5) is 11.4 Å². The molecule has 1 unspecified atom stereocenters. The van der Waals surface area contributed by atoms with Gasteiger partial charge in [-0.1, -0.05) is 12.8 Å². The first-order valence-corrected chi connectivity index (χ1v) is 9.18. The first-order chi connectivity index (χ1) is 10.2. The van der Waals surface area contributed by atoms with Crippen molar-refractivity contribution in [2.24, 2.45) is 0 Å². The number of nitrogens with two attached hydrogens (primary N) is 1. The molecule has 1 saturated carbocycles. The van der Waals surface area contributed by atoms with E-state index in [9.17, 15) is 0 Å². The molecular weight excluding hydrogens is 280 g/mol. The second kappa shape index (κ2) is 5.40. The van der Waals surface area contributed by atoms with E-state index in [2.05, 4.69) is 17.0 Å². The maximum atomic E-state index is 6.48. The molecule has 4 rings (SSSR count). The molecule has 4 heteroatoms. The van der Waals surface area contributed by atoms with Gasteiger partial charge in [0, 0.05) is 29.4 Å². The molecule has 1 aliphatic carbocycles. The molecule has 1 spiro atoms. The fourth-order valence-corrected chi connectivity index (χ4v) is 5.17. The van der Waals surface area contributed by atoms with Gasteiger partial charge in [-0.25, -0.2) is 0 Å². The number of hydrogen-bond acceptors (Lipinski definition) is 4. The van der Waals surface area contributed by atoms with Gasteiger partial charge in [-0.05, 0) is 43.9 Å². The molecule has 21 heavy (non-hydrogen) atoms. The Morgan fingerprint density at radius 1 is 1.29 bits per heavy atom. The monoisotopic (exact) mass is 304 g/mol. The summed E-state index contributed by atoms with van der Waals surface area (Å²) >= 11 is 1.94. The third kappa shape index (κ3) is 2.64. The molecule has 3 aliphatic rings. The minimum atomic E-state index is 0.244. The summed E-state index contributed by atoms with van der Waals surface area (Å²) in [4.78, 5) is 3.85. The summed E-state index contributed by atoms with van der Waals surface area (Å²) in [6, 6.07) is 6.30. The lowest BCUT2D eigenvalue weighted by Gasteiger charge is -2.33. The highest BCUT2D eigenvalue weighted by Gasteiger charge is 2.42. The van der Waals surface area contributed by atoms with Crippen LogP contribution in [-0.4, -0.2) is 30.5 Å². The van der Waals surface area contributed by atoms with Crippen molar-refractivity contribution >= 4 is 23.1 Å². The summed E-state index contributed by atoms with van der Waals surface area (Å²) in [6.07, 6.45) is 8.16. The standard InChI is InChI=1S/C17H24N2OS/c18-13-3-4-16-15(11-13)19(9-10-21-16)12-14-5-8-17(20-14)6-1-2-7-17/h3-4,11,14H,1-2,5-10,12,18H2. The topological polar surface area (TPSA) is 38.5 Å². The van der Waals surface area contributed by atoms with Gasteiger partial charge in [-0.15, -0.1) is 11.8 Å². The maximum absolute atomic E-state index is 6.48. The Morgan fingerprint density at radius 3 is 3.00 bits per heavy atom. The Hall–Kier alpha value is -0.870. The molecule has 0 amide bonds. The molecule has 2 N–H and O–H groups in total. The molecule has 1 aromatic rings. The van der Waals surface area contributed by atoms with Crippen molar-refractivity contribution in [3.63, 3.8) is 0 Å². The number of hydrogen-bond donors (Lipinski definition) is 1. The van der Waals surface area contributed by atoms with Crippen LogP contribution in [0.15, 0.2) is 23.1 Å². The predicted molar refractivity (Wildman–Crippen MR) is 89.1 cm³/mol. The average Bonchev–Trinajstić information content (AvgIpc) is 3.10. The molecule has 1 atom stereocenters. The number of thioether (sulfide) groups is 1. The molecule has 0 radical (unpaired) electrons. The lowest BCUT2D eigenvalue weighted by molar-refractivity contribution is -0.0327. The number of rotatable bonds is 2. The Bertz CT molecular complexity index is 528. The Labute approximate surface area is 131 Å². The van der Waals surface area contributed by atoms with Crippen molar-refractivity contribution in [1.82, 2.24) is 0 Å². The molecule has 3 nitrogen and oxygen atoms in total. The summed E-state index contributed by atoms with van der Waals surface area (Å²) in [5.74, 6) is 1.16. The van der Waals surface area contributed by atoms with Crippen LogP contribution < -0.4 is 10.6 Å². The molecular formula is C17H24N2OS. The van der Waals surface area contributed by atoms with Crippen LogP contribution in [0, 0.1) is 0 Å². The number of benzene rings is 1. The van der Waals surface area contributed by atoms with Crippen LogP contribution >= 0.6 is 11.8 Å². The Morgan fingerprint density at radius 2 is 2.14 bits per heavy atom. The van der Waals surface area contributed by atoms with Crippen molar-refractivity contribution in [3.05, 3.63) is 18.2 Å². The van der Waals surface area contributed by atoms with E-state index < -0.39 is 0 Å². The minimum Gasteiger partial charge on any atom is -0.399 e. The second-order valence-electron chi connectivity index (χ2n) is 6.69. The first-order valence-electron chi connectivity index (χ1n) is 8.19. The molecule has 2 heterocycles. The minimum absolute atomic E-state index is 0.244. The van der Waals surface area contributed by atoms with Gasteiger partial charge in [0.05, 0.1) is 17.4 Å². The van der Waals surface area contributed by atoms with E-state index in [0.29, 0.717) is 6.10 Å². The van der Waals surface area contributed by atoms with Crippen molar-refractivity contribution in [2.75, 3.05) is 29.5 Å². The van der Waals surface area contributed by atoms with E-state index in [1.54, 1.807) is 0 Å². The first kappa shape index (κ1) is 13.8. The summed E-state index contributed by atoms with van der Waals surface area (Å²) in [5.41, 5.74) is 8.39. The summed E-state index contributed by atoms with van der Waals surface area (Å²) in [6.45, 7) is 2.13. The molecule has 114 valence electrons. The highest BCUT2D eigenvalue weighted by molar-refractivity contribution is 7.99. The molecule has 0 aromatic heterocycles. The van der Waals surface area contributed by atoms with Crippen LogP contribution in [-0.2, 0) is 4.74 Å². The normalized spacial score (nSPS) is 27.2. The van der Waals surface area contributed by atoms with E-state index in [4.69, 9.17) is 10.5 Å². The van der Waals surface area contributed by atoms with Gasteiger partial charge in [0.15, 0.2) is 0 Å². The van der Waals surface area contributed by atoms with Crippen molar-refractivity contribution in [1.29, 1.82) is 0 Å². The molecule has 0 bridgehead atoms. The summed E-state index contributed by atoms with van der Waals surface area (Å²) in [5, 5.41) is 0. The van der Waals surface area contributed by atoms with Crippen LogP contribution in [0.2, 0.25) is 0 Å². The number of anilines is 2.